The fraction of sp³-hybridized carbons (Fsp3) is 0.500. The van der Waals surface area contributed by atoms with Gasteiger partial charge in [-0.2, -0.15) is 0 Å². The summed E-state index contributed by atoms with van der Waals surface area (Å²) in [5, 5.41) is 14.3. The number of carboxylic acids is 1. The largest absolute Gasteiger partial charge is 0.481 e. The van der Waals surface area contributed by atoms with E-state index >= 15 is 0 Å². The molecule has 0 saturated carbocycles. The SMILES string of the molecule is O=C(O)CC1(NC(=O)CCn2cnc3sccc3c2=O)CCOCC1. The summed E-state index contributed by atoms with van der Waals surface area (Å²) in [6, 6.07) is 1.72. The van der Waals surface area contributed by atoms with E-state index in [2.05, 4.69) is 10.3 Å². The Morgan fingerprint density at radius 3 is 2.88 bits per heavy atom. The lowest BCUT2D eigenvalue weighted by atomic mass is 9.86. The summed E-state index contributed by atoms with van der Waals surface area (Å²) < 4.78 is 6.67. The molecule has 0 aromatic carbocycles. The smallest absolute Gasteiger partial charge is 0.305 e. The Balaban J connectivity index is 1.65. The first kappa shape index (κ1) is 17.6. The minimum atomic E-state index is -0.953. The average molecular weight is 365 g/mol. The van der Waals surface area contributed by atoms with Gasteiger partial charge in [0.05, 0.1) is 23.7 Å². The summed E-state index contributed by atoms with van der Waals surface area (Å²) in [6.45, 7) is 1.04. The molecule has 8 nitrogen and oxygen atoms in total. The third-order valence-electron chi connectivity index (χ3n) is 4.37. The Labute approximate surface area is 147 Å². The molecule has 0 aliphatic carbocycles. The van der Waals surface area contributed by atoms with Gasteiger partial charge in [0.1, 0.15) is 4.83 Å². The summed E-state index contributed by atoms with van der Waals surface area (Å²) >= 11 is 1.39. The van der Waals surface area contributed by atoms with E-state index in [1.54, 1.807) is 11.4 Å². The zero-order chi connectivity index (χ0) is 17.9. The number of aryl methyl sites for hydroxylation is 1. The molecule has 3 rings (SSSR count). The molecule has 0 atom stereocenters. The normalized spacial score (nSPS) is 16.6. The Morgan fingerprint density at radius 2 is 2.16 bits per heavy atom. The van der Waals surface area contributed by atoms with Crippen molar-refractivity contribution in [2.75, 3.05) is 13.2 Å². The molecule has 0 spiro atoms. The second-order valence-electron chi connectivity index (χ2n) is 6.14. The van der Waals surface area contributed by atoms with Crippen molar-refractivity contribution in [3.05, 3.63) is 28.1 Å². The van der Waals surface area contributed by atoms with Crippen LogP contribution in [0.5, 0.6) is 0 Å². The summed E-state index contributed by atoms with van der Waals surface area (Å²) in [5.74, 6) is -1.23. The number of fused-ring (bicyclic) bond motifs is 1. The van der Waals surface area contributed by atoms with Crippen LogP contribution in [0.2, 0.25) is 0 Å². The van der Waals surface area contributed by atoms with Gasteiger partial charge in [0.2, 0.25) is 5.91 Å². The van der Waals surface area contributed by atoms with Gasteiger partial charge in [0.15, 0.2) is 0 Å². The van der Waals surface area contributed by atoms with Crippen molar-refractivity contribution >= 4 is 33.4 Å². The predicted molar refractivity (Wildman–Crippen MR) is 91.7 cm³/mol. The van der Waals surface area contributed by atoms with Gasteiger partial charge in [-0.3, -0.25) is 19.0 Å². The molecule has 1 amide bonds. The molecule has 2 aromatic heterocycles. The zero-order valence-electron chi connectivity index (χ0n) is 13.6. The van der Waals surface area contributed by atoms with Crippen LogP contribution in [0.15, 0.2) is 22.6 Å². The third kappa shape index (κ3) is 4.05. The van der Waals surface area contributed by atoms with Crippen LogP contribution < -0.4 is 10.9 Å². The minimum absolute atomic E-state index is 0.0828. The first-order valence-electron chi connectivity index (χ1n) is 8.02. The van der Waals surface area contributed by atoms with Crippen molar-refractivity contribution in [1.29, 1.82) is 0 Å². The minimum Gasteiger partial charge on any atom is -0.481 e. The number of carbonyl (C=O) groups excluding carboxylic acids is 1. The quantitative estimate of drug-likeness (QED) is 0.790. The molecule has 3 heterocycles. The highest BCUT2D eigenvalue weighted by Crippen LogP contribution is 2.24. The molecule has 0 radical (unpaired) electrons. The fourth-order valence-corrected chi connectivity index (χ4v) is 3.75. The summed E-state index contributed by atoms with van der Waals surface area (Å²) in [5.41, 5.74) is -0.952. The second kappa shape index (κ2) is 7.32. The Hall–Kier alpha value is -2.26. The molecule has 0 unspecified atom stereocenters. The van der Waals surface area contributed by atoms with Gasteiger partial charge in [0, 0.05) is 26.2 Å². The number of nitrogens with one attached hydrogen (secondary N) is 1. The molecular formula is C16H19N3O5S. The van der Waals surface area contributed by atoms with E-state index in [1.165, 1.54) is 22.2 Å². The highest BCUT2D eigenvalue weighted by Gasteiger charge is 2.36. The number of amides is 1. The molecule has 1 saturated heterocycles. The number of carboxylic acid groups (broad SMARTS) is 1. The van der Waals surface area contributed by atoms with Crippen LogP contribution in [-0.4, -0.2) is 45.3 Å². The van der Waals surface area contributed by atoms with Crippen LogP contribution in [-0.2, 0) is 20.9 Å². The van der Waals surface area contributed by atoms with E-state index in [1.807, 2.05) is 0 Å². The molecule has 1 aliphatic heterocycles. The van der Waals surface area contributed by atoms with Gasteiger partial charge >= 0.3 is 5.97 Å². The first-order valence-corrected chi connectivity index (χ1v) is 8.90. The fourth-order valence-electron chi connectivity index (χ4n) is 3.03. The molecule has 0 bridgehead atoms. The summed E-state index contributed by atoms with van der Waals surface area (Å²) in [4.78, 5) is 40.6. The van der Waals surface area contributed by atoms with E-state index in [9.17, 15) is 14.4 Å². The van der Waals surface area contributed by atoms with Crippen LogP contribution in [0.4, 0.5) is 0 Å². The van der Waals surface area contributed by atoms with Crippen LogP contribution in [0, 0.1) is 0 Å². The van der Waals surface area contributed by atoms with E-state index < -0.39 is 11.5 Å². The number of hydrogen-bond donors (Lipinski definition) is 2. The van der Waals surface area contributed by atoms with E-state index in [4.69, 9.17) is 9.84 Å². The van der Waals surface area contributed by atoms with Crippen molar-refractivity contribution in [2.45, 2.75) is 37.8 Å². The number of aliphatic carboxylic acids is 1. The van der Waals surface area contributed by atoms with Gasteiger partial charge in [-0.15, -0.1) is 11.3 Å². The molecule has 1 fully saturated rings. The Morgan fingerprint density at radius 1 is 1.40 bits per heavy atom. The zero-order valence-corrected chi connectivity index (χ0v) is 14.4. The number of hydrogen-bond acceptors (Lipinski definition) is 6. The summed E-state index contributed by atoms with van der Waals surface area (Å²) in [6.07, 6.45) is 2.32. The van der Waals surface area contributed by atoms with Crippen molar-refractivity contribution in [3.63, 3.8) is 0 Å². The predicted octanol–water partition coefficient (Wildman–Crippen LogP) is 0.988. The number of aromatic nitrogens is 2. The summed E-state index contributed by atoms with van der Waals surface area (Å²) in [7, 11) is 0. The molecular weight excluding hydrogens is 346 g/mol. The van der Waals surface area contributed by atoms with Gasteiger partial charge in [-0.1, -0.05) is 0 Å². The molecule has 2 N–H and O–H groups in total. The van der Waals surface area contributed by atoms with Crippen LogP contribution in [0.3, 0.4) is 0 Å². The average Bonchev–Trinajstić information content (AvgIpc) is 3.03. The maximum absolute atomic E-state index is 12.3. The van der Waals surface area contributed by atoms with Crippen LogP contribution in [0.25, 0.3) is 10.2 Å². The number of thiophene rings is 1. The van der Waals surface area contributed by atoms with E-state index in [0.717, 1.165) is 0 Å². The van der Waals surface area contributed by atoms with Crippen molar-refractivity contribution in [3.8, 4) is 0 Å². The van der Waals surface area contributed by atoms with Gasteiger partial charge < -0.3 is 15.2 Å². The lowest BCUT2D eigenvalue weighted by Crippen LogP contribution is -2.53. The van der Waals surface area contributed by atoms with Crippen LogP contribution in [0.1, 0.15) is 25.7 Å². The van der Waals surface area contributed by atoms with Crippen molar-refractivity contribution < 1.29 is 19.4 Å². The van der Waals surface area contributed by atoms with Crippen LogP contribution >= 0.6 is 11.3 Å². The Bertz CT molecular complexity index is 838. The molecule has 25 heavy (non-hydrogen) atoms. The molecule has 134 valence electrons. The standard InChI is InChI=1S/C16H19N3O5S/c20-12(18-16(9-13(21)22)3-6-24-7-4-16)1-5-19-10-17-14-11(15(19)23)2-8-25-14/h2,8,10H,1,3-7,9H2,(H,18,20)(H,21,22). The maximum atomic E-state index is 12.3. The monoisotopic (exact) mass is 365 g/mol. The Kier molecular flexibility index (Phi) is 5.14. The van der Waals surface area contributed by atoms with Gasteiger partial charge in [-0.25, -0.2) is 4.98 Å². The van der Waals surface area contributed by atoms with Crippen molar-refractivity contribution in [1.82, 2.24) is 14.9 Å². The molecule has 9 heteroatoms. The second-order valence-corrected chi connectivity index (χ2v) is 7.04. The number of ether oxygens (including phenoxy) is 1. The maximum Gasteiger partial charge on any atom is 0.305 e. The molecule has 2 aromatic rings. The molecule has 1 aliphatic rings. The van der Waals surface area contributed by atoms with Crippen molar-refractivity contribution in [2.24, 2.45) is 0 Å². The number of carbonyl (C=O) groups is 2. The first-order chi connectivity index (χ1) is 12.0. The lowest BCUT2D eigenvalue weighted by Gasteiger charge is -2.36. The van der Waals surface area contributed by atoms with E-state index in [-0.39, 0.29) is 30.9 Å². The lowest BCUT2D eigenvalue weighted by molar-refractivity contribution is -0.140. The van der Waals surface area contributed by atoms with Gasteiger partial charge in [0.25, 0.3) is 5.56 Å². The van der Waals surface area contributed by atoms with E-state index in [0.29, 0.717) is 36.3 Å². The van der Waals surface area contributed by atoms with Gasteiger partial charge in [-0.05, 0) is 24.3 Å². The highest BCUT2D eigenvalue weighted by molar-refractivity contribution is 7.16. The number of nitrogens with zero attached hydrogens (tertiary/aromatic N) is 2. The topological polar surface area (TPSA) is 111 Å². The number of rotatable bonds is 6. The third-order valence-corrected chi connectivity index (χ3v) is 5.20. The highest BCUT2D eigenvalue weighted by atomic mass is 32.1.